The van der Waals surface area contributed by atoms with Crippen molar-refractivity contribution in [2.75, 3.05) is 6.54 Å². The lowest BCUT2D eigenvalue weighted by Gasteiger charge is -2.11. The summed E-state index contributed by atoms with van der Waals surface area (Å²) in [5.74, 6) is 0. The van der Waals surface area contributed by atoms with E-state index < -0.39 is 6.09 Å². The Morgan fingerprint density at radius 1 is 1.53 bits per heavy atom. The third-order valence-corrected chi connectivity index (χ3v) is 2.00. The number of ether oxygens (including phenoxy) is 1. The van der Waals surface area contributed by atoms with Crippen LogP contribution in [0, 0.1) is 0 Å². The van der Waals surface area contributed by atoms with Crippen molar-refractivity contribution in [3.63, 3.8) is 0 Å². The molecule has 0 fully saturated rings. The molecule has 0 aliphatic rings. The van der Waals surface area contributed by atoms with Crippen molar-refractivity contribution in [2.24, 2.45) is 5.11 Å². The number of carbonyl (C=O) groups excluding carboxylic acids is 1. The molecule has 17 heavy (non-hydrogen) atoms. The molecule has 1 amide bonds. The summed E-state index contributed by atoms with van der Waals surface area (Å²) in [7, 11) is 0. The number of nitrogens with one attached hydrogen (secondary N) is 1. The predicted molar refractivity (Wildman–Crippen MR) is 63.2 cm³/mol. The number of rotatable bonds is 5. The highest BCUT2D eigenvalue weighted by molar-refractivity contribution is 5.67. The summed E-state index contributed by atoms with van der Waals surface area (Å²) in [6.07, 6.45) is -0.519. The molecule has 0 radical (unpaired) electrons. The maximum Gasteiger partial charge on any atom is 0.407 e. The van der Waals surface area contributed by atoms with Crippen LogP contribution < -0.4 is 5.32 Å². The van der Waals surface area contributed by atoms with E-state index in [2.05, 4.69) is 15.3 Å². The first-order valence-corrected chi connectivity index (χ1v) is 5.20. The van der Waals surface area contributed by atoms with Gasteiger partial charge in [0.05, 0.1) is 0 Å². The SMILES string of the molecule is C[C@@H](CN=[N+]=[N-])NC(=O)OCc1ccccc1. The lowest BCUT2D eigenvalue weighted by molar-refractivity contribution is 0.136. The van der Waals surface area contributed by atoms with Crippen LogP contribution in [0.3, 0.4) is 0 Å². The topological polar surface area (TPSA) is 87.1 Å². The second-order valence-corrected chi connectivity index (χ2v) is 3.52. The van der Waals surface area contributed by atoms with E-state index in [-0.39, 0.29) is 19.2 Å². The van der Waals surface area contributed by atoms with Gasteiger partial charge in [0.15, 0.2) is 0 Å². The van der Waals surface area contributed by atoms with E-state index in [0.717, 1.165) is 5.56 Å². The summed E-state index contributed by atoms with van der Waals surface area (Å²) >= 11 is 0. The third kappa shape index (κ3) is 5.44. The van der Waals surface area contributed by atoms with Crippen molar-refractivity contribution >= 4 is 6.09 Å². The molecule has 0 saturated carbocycles. The van der Waals surface area contributed by atoms with Gasteiger partial charge in [-0.25, -0.2) is 4.79 Å². The number of carbonyl (C=O) groups is 1. The number of benzene rings is 1. The standard InChI is InChI=1S/C11H14N4O2/c1-9(7-13-15-12)14-11(16)17-8-10-5-3-2-4-6-10/h2-6,9H,7-8H2,1H3,(H,14,16)/t9-/m0/s1. The maximum atomic E-state index is 11.3. The highest BCUT2D eigenvalue weighted by Gasteiger charge is 2.06. The minimum atomic E-state index is -0.519. The Morgan fingerprint density at radius 2 is 2.24 bits per heavy atom. The Morgan fingerprint density at radius 3 is 2.88 bits per heavy atom. The van der Waals surface area contributed by atoms with Crippen molar-refractivity contribution < 1.29 is 9.53 Å². The Labute approximate surface area is 99.2 Å². The quantitative estimate of drug-likeness (QED) is 0.482. The van der Waals surface area contributed by atoms with Crippen LogP contribution >= 0.6 is 0 Å². The fourth-order valence-electron chi connectivity index (χ4n) is 1.17. The molecule has 1 aromatic carbocycles. The van der Waals surface area contributed by atoms with Gasteiger partial charge < -0.3 is 10.1 Å². The van der Waals surface area contributed by atoms with Crippen molar-refractivity contribution in [1.29, 1.82) is 0 Å². The van der Waals surface area contributed by atoms with E-state index in [1.165, 1.54) is 0 Å². The summed E-state index contributed by atoms with van der Waals surface area (Å²) in [4.78, 5) is 13.9. The van der Waals surface area contributed by atoms with E-state index in [1.807, 2.05) is 30.3 Å². The van der Waals surface area contributed by atoms with Crippen molar-refractivity contribution in [3.05, 3.63) is 46.3 Å². The Hall–Kier alpha value is -2.20. The summed E-state index contributed by atoms with van der Waals surface area (Å²) in [6, 6.07) is 9.15. The van der Waals surface area contributed by atoms with Gasteiger partial charge in [0.1, 0.15) is 6.61 Å². The van der Waals surface area contributed by atoms with Crippen LogP contribution in [0.1, 0.15) is 12.5 Å². The number of alkyl carbamates (subject to hydrolysis) is 1. The molecular weight excluding hydrogens is 220 g/mol. The lowest BCUT2D eigenvalue weighted by atomic mass is 10.2. The molecule has 0 aromatic heterocycles. The molecular formula is C11H14N4O2. The van der Waals surface area contributed by atoms with E-state index >= 15 is 0 Å². The highest BCUT2D eigenvalue weighted by atomic mass is 16.5. The summed E-state index contributed by atoms with van der Waals surface area (Å²) in [6.45, 7) is 2.16. The van der Waals surface area contributed by atoms with Gasteiger partial charge in [-0.05, 0) is 18.0 Å². The Balaban J connectivity index is 2.28. The molecule has 90 valence electrons. The molecule has 6 heteroatoms. The van der Waals surface area contributed by atoms with Gasteiger partial charge in [-0.3, -0.25) is 0 Å². The molecule has 0 spiro atoms. The first kappa shape index (κ1) is 12.9. The van der Waals surface area contributed by atoms with Gasteiger partial charge in [-0.1, -0.05) is 35.4 Å². The van der Waals surface area contributed by atoms with Crippen LogP contribution in [0.5, 0.6) is 0 Å². The van der Waals surface area contributed by atoms with Gasteiger partial charge in [0, 0.05) is 17.5 Å². The zero-order valence-electron chi connectivity index (χ0n) is 9.54. The molecule has 1 rings (SSSR count). The Bertz CT molecular complexity index is 401. The number of hydrogen-bond donors (Lipinski definition) is 1. The molecule has 0 aliphatic carbocycles. The summed E-state index contributed by atoms with van der Waals surface area (Å²) < 4.78 is 4.99. The van der Waals surface area contributed by atoms with Crippen LogP contribution in [0.4, 0.5) is 4.79 Å². The summed E-state index contributed by atoms with van der Waals surface area (Å²) in [5, 5.41) is 5.91. The monoisotopic (exact) mass is 234 g/mol. The number of nitrogens with zero attached hydrogens (tertiary/aromatic N) is 3. The molecule has 0 heterocycles. The molecule has 1 aromatic rings. The first-order valence-electron chi connectivity index (χ1n) is 5.20. The molecule has 0 bridgehead atoms. The minimum absolute atomic E-state index is 0.205. The van der Waals surface area contributed by atoms with Gasteiger partial charge in [-0.15, -0.1) is 0 Å². The van der Waals surface area contributed by atoms with E-state index in [4.69, 9.17) is 10.3 Å². The zero-order valence-corrected chi connectivity index (χ0v) is 9.54. The lowest BCUT2D eigenvalue weighted by Crippen LogP contribution is -2.34. The van der Waals surface area contributed by atoms with Crippen molar-refractivity contribution in [3.8, 4) is 0 Å². The maximum absolute atomic E-state index is 11.3. The van der Waals surface area contributed by atoms with E-state index in [9.17, 15) is 4.79 Å². The van der Waals surface area contributed by atoms with Crippen LogP contribution in [0.2, 0.25) is 0 Å². The Kier molecular flexibility index (Phi) is 5.40. The molecule has 0 unspecified atom stereocenters. The fourth-order valence-corrected chi connectivity index (χ4v) is 1.17. The molecule has 1 atom stereocenters. The second kappa shape index (κ2) is 7.14. The van der Waals surface area contributed by atoms with Gasteiger partial charge >= 0.3 is 6.09 Å². The number of hydrogen-bond acceptors (Lipinski definition) is 3. The number of azide groups is 1. The van der Waals surface area contributed by atoms with E-state index in [1.54, 1.807) is 6.92 Å². The number of amides is 1. The minimum Gasteiger partial charge on any atom is -0.445 e. The smallest absolute Gasteiger partial charge is 0.407 e. The normalized spacial score (nSPS) is 11.1. The average Bonchev–Trinajstić information content (AvgIpc) is 2.35. The average molecular weight is 234 g/mol. The summed E-state index contributed by atoms with van der Waals surface area (Å²) in [5.41, 5.74) is 9.04. The van der Waals surface area contributed by atoms with Crippen LogP contribution in [-0.2, 0) is 11.3 Å². The predicted octanol–water partition coefficient (Wildman–Crippen LogP) is 2.61. The van der Waals surface area contributed by atoms with E-state index in [0.29, 0.717) is 0 Å². The van der Waals surface area contributed by atoms with Gasteiger partial charge in [0.2, 0.25) is 0 Å². The third-order valence-electron chi connectivity index (χ3n) is 2.00. The van der Waals surface area contributed by atoms with Gasteiger partial charge in [0.25, 0.3) is 0 Å². The molecule has 0 aliphatic heterocycles. The zero-order chi connectivity index (χ0) is 12.5. The fraction of sp³-hybridized carbons (Fsp3) is 0.364. The van der Waals surface area contributed by atoms with Crippen LogP contribution in [0.25, 0.3) is 10.4 Å². The molecule has 6 nitrogen and oxygen atoms in total. The highest BCUT2D eigenvalue weighted by Crippen LogP contribution is 2.00. The largest absolute Gasteiger partial charge is 0.445 e. The first-order chi connectivity index (χ1) is 8.22. The molecule has 1 N–H and O–H groups in total. The molecule has 0 saturated heterocycles. The van der Waals surface area contributed by atoms with Gasteiger partial charge in [-0.2, -0.15) is 0 Å². The second-order valence-electron chi connectivity index (χ2n) is 3.52. The van der Waals surface area contributed by atoms with Crippen LogP contribution in [0.15, 0.2) is 35.4 Å². The van der Waals surface area contributed by atoms with Crippen LogP contribution in [-0.4, -0.2) is 18.7 Å². The van der Waals surface area contributed by atoms with Crippen molar-refractivity contribution in [2.45, 2.75) is 19.6 Å². The van der Waals surface area contributed by atoms with Crippen molar-refractivity contribution in [1.82, 2.24) is 5.32 Å².